The summed E-state index contributed by atoms with van der Waals surface area (Å²) in [6, 6.07) is 0. The molecule has 0 aromatic heterocycles. The zero-order chi connectivity index (χ0) is 11.1. The molecular weight excluding hydrogens is 218 g/mol. The molecule has 1 nitrogen and oxygen atoms in total. The Morgan fingerprint density at radius 3 is 1.50 bits per heavy atom. The van der Waals surface area contributed by atoms with E-state index < -0.39 is 8.96 Å². The van der Waals surface area contributed by atoms with E-state index in [0.29, 0.717) is 0 Å². The lowest BCUT2D eigenvalue weighted by Gasteiger charge is -2.23. The maximum absolute atomic E-state index is 2.88. The topological polar surface area (TPSA) is 3.24 Å². The van der Waals surface area contributed by atoms with Crippen LogP contribution in [0.2, 0.25) is 13.1 Å². The summed E-state index contributed by atoms with van der Waals surface area (Å²) in [5.74, 6) is 0. The molecule has 0 fully saturated rings. The second-order valence-corrected chi connectivity index (χ2v) is 13.1. The van der Waals surface area contributed by atoms with Crippen LogP contribution in [0.1, 0.15) is 27.7 Å². The highest BCUT2D eigenvalue weighted by molar-refractivity contribution is 6.76. The lowest BCUT2D eigenvalue weighted by atomic mass is 10.4. The number of rotatable bonds is 5. The van der Waals surface area contributed by atoms with Crippen molar-refractivity contribution in [1.29, 1.82) is 0 Å². The Balaban J connectivity index is 4.17. The number of nitrogens with zero attached hydrogens (tertiary/aromatic N) is 1. The molecule has 0 saturated carbocycles. The van der Waals surface area contributed by atoms with E-state index in [1.807, 2.05) is 0 Å². The monoisotopic (exact) mass is 243 g/mol. The number of allylic oxidation sites excluding steroid dienone is 2. The largest absolute Gasteiger partial charge is 0.374 e. The molecular formula is C10H25NSi3. The van der Waals surface area contributed by atoms with Crippen LogP contribution < -0.4 is 0 Å². The van der Waals surface area contributed by atoms with Crippen molar-refractivity contribution in [3.05, 3.63) is 22.5 Å². The van der Waals surface area contributed by atoms with Crippen LogP contribution >= 0.6 is 0 Å². The van der Waals surface area contributed by atoms with E-state index in [9.17, 15) is 0 Å². The first-order chi connectivity index (χ1) is 6.43. The smallest absolute Gasteiger partial charge is 0.105 e. The first kappa shape index (κ1) is 14.1. The van der Waals surface area contributed by atoms with Crippen LogP contribution in [0.5, 0.6) is 0 Å². The molecule has 0 aliphatic rings. The van der Waals surface area contributed by atoms with Crippen LogP contribution in [-0.2, 0) is 0 Å². The molecule has 0 aromatic carbocycles. The van der Waals surface area contributed by atoms with Gasteiger partial charge in [-0.25, -0.2) is 0 Å². The Morgan fingerprint density at radius 1 is 0.929 bits per heavy atom. The minimum absolute atomic E-state index is 0.0625. The van der Waals surface area contributed by atoms with E-state index >= 15 is 0 Å². The highest BCUT2D eigenvalue weighted by Crippen LogP contribution is 1.96. The third-order valence-electron chi connectivity index (χ3n) is 2.20. The summed E-state index contributed by atoms with van der Waals surface area (Å²) in [5, 5.41) is 0. The molecule has 0 radical (unpaired) electrons. The number of hydrogen-bond acceptors (Lipinski definition) is 1. The Labute approximate surface area is 95.8 Å². The van der Waals surface area contributed by atoms with Crippen molar-refractivity contribution in [1.82, 2.24) is 3.90 Å². The van der Waals surface area contributed by atoms with Gasteiger partial charge in [0.05, 0.1) is 8.96 Å². The SMILES string of the molecule is CC(C)=C[SiH2]N([SiH2]C=C(C)C)[SiH](C)C. The second-order valence-electron chi connectivity index (χ2n) is 4.61. The van der Waals surface area contributed by atoms with Gasteiger partial charge in [0.25, 0.3) is 0 Å². The van der Waals surface area contributed by atoms with Gasteiger partial charge in [-0.2, -0.15) is 0 Å². The van der Waals surface area contributed by atoms with Gasteiger partial charge in [0.15, 0.2) is 0 Å². The fourth-order valence-corrected chi connectivity index (χ4v) is 7.67. The lowest BCUT2D eigenvalue weighted by Crippen LogP contribution is -2.39. The molecule has 0 bridgehead atoms. The average Bonchev–Trinajstić information content (AvgIpc) is 2.02. The second kappa shape index (κ2) is 7.39. The van der Waals surface area contributed by atoms with Gasteiger partial charge in [-0.3, -0.25) is 0 Å². The molecule has 4 heteroatoms. The molecule has 0 N–H and O–H groups in total. The first-order valence-corrected chi connectivity index (χ1v) is 11.2. The van der Waals surface area contributed by atoms with E-state index in [-0.39, 0.29) is 19.4 Å². The van der Waals surface area contributed by atoms with Crippen molar-refractivity contribution in [3.8, 4) is 0 Å². The summed E-state index contributed by atoms with van der Waals surface area (Å²) in [4.78, 5) is 0. The molecule has 0 atom stereocenters. The van der Waals surface area contributed by atoms with Crippen LogP contribution in [0.25, 0.3) is 0 Å². The van der Waals surface area contributed by atoms with Gasteiger partial charge in [0.1, 0.15) is 19.4 Å². The third-order valence-corrected chi connectivity index (χ3v) is 13.8. The molecule has 0 rings (SSSR count). The summed E-state index contributed by atoms with van der Waals surface area (Å²) in [6.07, 6.45) is 0. The van der Waals surface area contributed by atoms with Crippen LogP contribution in [-0.4, -0.2) is 32.2 Å². The van der Waals surface area contributed by atoms with E-state index in [1.54, 1.807) is 0 Å². The van der Waals surface area contributed by atoms with Crippen LogP contribution in [0.15, 0.2) is 22.5 Å². The molecule has 0 amide bonds. The van der Waals surface area contributed by atoms with Crippen molar-refractivity contribution in [2.24, 2.45) is 0 Å². The Bertz CT molecular complexity index is 193. The van der Waals surface area contributed by atoms with Crippen molar-refractivity contribution < 1.29 is 0 Å². The standard InChI is InChI=1S/C10H25NSi3/c1-9(2)7-12-11(14(5)6)13-8-10(3)4/h7-8,14H,12-13H2,1-6H3. The summed E-state index contributed by atoms with van der Waals surface area (Å²) < 4.78 is 2.88. The van der Waals surface area contributed by atoms with Gasteiger partial charge in [0, 0.05) is 0 Å². The zero-order valence-corrected chi connectivity index (χ0v) is 14.6. The number of hydrogen-bond donors (Lipinski definition) is 0. The minimum Gasteiger partial charge on any atom is -0.374 e. The Kier molecular flexibility index (Phi) is 7.44. The average molecular weight is 244 g/mol. The fraction of sp³-hybridized carbons (Fsp3) is 0.600. The highest BCUT2D eigenvalue weighted by atomic mass is 28.4. The molecule has 0 heterocycles. The molecule has 0 aliphatic carbocycles. The van der Waals surface area contributed by atoms with E-state index in [4.69, 9.17) is 0 Å². The van der Waals surface area contributed by atoms with Crippen LogP contribution in [0.4, 0.5) is 0 Å². The van der Waals surface area contributed by atoms with Gasteiger partial charge >= 0.3 is 0 Å². The summed E-state index contributed by atoms with van der Waals surface area (Å²) in [6.45, 7) is 13.8. The maximum atomic E-state index is 2.88. The van der Waals surface area contributed by atoms with E-state index in [2.05, 4.69) is 56.1 Å². The quantitative estimate of drug-likeness (QED) is 0.658. The van der Waals surface area contributed by atoms with Crippen molar-refractivity contribution >= 4 is 28.3 Å². The summed E-state index contributed by atoms with van der Waals surface area (Å²) >= 11 is 0. The van der Waals surface area contributed by atoms with Gasteiger partial charge in [-0.15, -0.1) is 0 Å². The van der Waals surface area contributed by atoms with Gasteiger partial charge in [-0.05, 0) is 27.7 Å². The Hall–Kier alpha value is 0.0906. The Morgan fingerprint density at radius 2 is 1.29 bits per heavy atom. The predicted molar refractivity (Wildman–Crippen MR) is 76.7 cm³/mol. The maximum Gasteiger partial charge on any atom is 0.105 e. The van der Waals surface area contributed by atoms with Crippen molar-refractivity contribution in [2.75, 3.05) is 0 Å². The molecule has 82 valence electrons. The van der Waals surface area contributed by atoms with Gasteiger partial charge < -0.3 is 3.90 Å². The van der Waals surface area contributed by atoms with Crippen molar-refractivity contribution in [3.63, 3.8) is 0 Å². The molecule has 14 heavy (non-hydrogen) atoms. The molecule has 0 spiro atoms. The molecule has 0 aromatic rings. The molecule has 0 saturated heterocycles. The van der Waals surface area contributed by atoms with Gasteiger partial charge in [0.2, 0.25) is 0 Å². The predicted octanol–water partition coefficient (Wildman–Crippen LogP) is 1.29. The lowest BCUT2D eigenvalue weighted by molar-refractivity contribution is 1.07. The zero-order valence-electron chi connectivity index (χ0n) is 10.6. The van der Waals surface area contributed by atoms with E-state index in [1.165, 1.54) is 11.1 Å². The molecule has 0 aliphatic heterocycles. The summed E-state index contributed by atoms with van der Waals surface area (Å²) in [5.41, 5.74) is 8.00. The van der Waals surface area contributed by atoms with Gasteiger partial charge in [-0.1, -0.05) is 35.6 Å². The summed E-state index contributed by atoms with van der Waals surface area (Å²) in [7, 11) is -0.661. The molecule has 0 unspecified atom stereocenters. The fourth-order valence-electron chi connectivity index (χ4n) is 1.10. The first-order valence-electron chi connectivity index (χ1n) is 5.44. The van der Waals surface area contributed by atoms with E-state index in [0.717, 1.165) is 0 Å². The third kappa shape index (κ3) is 7.49. The van der Waals surface area contributed by atoms with Crippen LogP contribution in [0.3, 0.4) is 0 Å². The minimum atomic E-state index is -0.536. The normalized spacial score (nSPS) is 12.3. The van der Waals surface area contributed by atoms with Crippen molar-refractivity contribution in [2.45, 2.75) is 40.8 Å². The highest BCUT2D eigenvalue weighted by Gasteiger charge is 2.07. The van der Waals surface area contributed by atoms with Crippen LogP contribution in [0, 0.1) is 0 Å².